The first kappa shape index (κ1) is 11.1. The summed E-state index contributed by atoms with van der Waals surface area (Å²) >= 11 is 0. The summed E-state index contributed by atoms with van der Waals surface area (Å²) in [7, 11) is 0. The smallest absolute Gasteiger partial charge is 0.0699 e. The number of hydrogen-bond acceptors (Lipinski definition) is 2. The molecule has 0 rings (SSSR count). The van der Waals surface area contributed by atoms with E-state index in [0.29, 0.717) is 6.04 Å². The van der Waals surface area contributed by atoms with Gasteiger partial charge in [-0.1, -0.05) is 25.6 Å². The Bertz CT molecular complexity index is 143. The first-order chi connectivity index (χ1) is 5.74. The van der Waals surface area contributed by atoms with Gasteiger partial charge in [-0.15, -0.1) is 0 Å². The fraction of sp³-hybridized carbons (Fsp3) is 0.778. The maximum atomic E-state index is 4.11. The van der Waals surface area contributed by atoms with Gasteiger partial charge in [0.2, 0.25) is 0 Å². The van der Waals surface area contributed by atoms with Crippen molar-refractivity contribution in [1.82, 2.24) is 5.01 Å². The van der Waals surface area contributed by atoms with Gasteiger partial charge in [-0.2, -0.15) is 5.11 Å². The monoisotopic (exact) mass is 169 g/mol. The molecule has 12 heavy (non-hydrogen) atoms. The molecule has 0 aromatic carbocycles. The van der Waals surface area contributed by atoms with E-state index in [9.17, 15) is 0 Å². The molecular weight excluding hydrogens is 150 g/mol. The van der Waals surface area contributed by atoms with Gasteiger partial charge in [-0.25, -0.2) is 0 Å². The van der Waals surface area contributed by atoms with Crippen LogP contribution in [0.4, 0.5) is 0 Å². The molecule has 3 heteroatoms. The molecular formula is C9H19N3. The van der Waals surface area contributed by atoms with Gasteiger partial charge >= 0.3 is 0 Å². The Kier molecular flexibility index (Phi) is 6.34. The van der Waals surface area contributed by atoms with E-state index >= 15 is 0 Å². The summed E-state index contributed by atoms with van der Waals surface area (Å²) < 4.78 is 0. The van der Waals surface area contributed by atoms with Crippen LogP contribution in [0.5, 0.6) is 0 Å². The van der Waals surface area contributed by atoms with E-state index in [4.69, 9.17) is 0 Å². The van der Waals surface area contributed by atoms with Gasteiger partial charge in [-0.05, 0) is 19.8 Å². The second kappa shape index (κ2) is 6.83. The van der Waals surface area contributed by atoms with Crippen molar-refractivity contribution in [1.29, 1.82) is 0 Å². The summed E-state index contributed by atoms with van der Waals surface area (Å²) in [6.07, 6.45) is 3.79. The summed E-state index contributed by atoms with van der Waals surface area (Å²) in [4.78, 5) is 0. The minimum atomic E-state index is 0.310. The molecule has 0 saturated heterocycles. The van der Waals surface area contributed by atoms with Crippen molar-refractivity contribution in [2.24, 2.45) is 10.3 Å². The summed E-state index contributed by atoms with van der Waals surface area (Å²) in [5.74, 6) is 0. The summed E-state index contributed by atoms with van der Waals surface area (Å²) in [5, 5.41) is 9.93. The van der Waals surface area contributed by atoms with Gasteiger partial charge < -0.3 is 0 Å². The Morgan fingerprint density at radius 3 is 2.58 bits per heavy atom. The molecule has 0 saturated carbocycles. The van der Waals surface area contributed by atoms with Gasteiger partial charge in [0.05, 0.1) is 6.04 Å². The van der Waals surface area contributed by atoms with Crippen LogP contribution in [-0.4, -0.2) is 17.6 Å². The molecule has 1 atom stereocenters. The molecule has 1 unspecified atom stereocenters. The van der Waals surface area contributed by atoms with Gasteiger partial charge in [0.1, 0.15) is 0 Å². The van der Waals surface area contributed by atoms with E-state index < -0.39 is 0 Å². The normalized spacial score (nSPS) is 13.2. The molecule has 0 spiro atoms. The molecule has 0 aliphatic rings. The molecule has 0 amide bonds. The van der Waals surface area contributed by atoms with Crippen molar-refractivity contribution in [3.63, 3.8) is 0 Å². The lowest BCUT2D eigenvalue weighted by Crippen LogP contribution is -2.10. The zero-order valence-electron chi connectivity index (χ0n) is 8.32. The van der Waals surface area contributed by atoms with Crippen molar-refractivity contribution >= 4 is 0 Å². The van der Waals surface area contributed by atoms with E-state index in [1.807, 2.05) is 0 Å². The second-order valence-corrected chi connectivity index (χ2v) is 2.81. The molecule has 0 heterocycles. The molecule has 0 aliphatic heterocycles. The second-order valence-electron chi connectivity index (χ2n) is 2.81. The third kappa shape index (κ3) is 4.88. The fourth-order valence-corrected chi connectivity index (χ4v) is 0.638. The molecule has 0 radical (unpaired) electrons. The number of nitrogens with zero attached hydrogens (tertiary/aromatic N) is 3. The van der Waals surface area contributed by atoms with Crippen LogP contribution in [0.25, 0.3) is 0 Å². The first-order valence-electron chi connectivity index (χ1n) is 4.54. The maximum Gasteiger partial charge on any atom is 0.0699 e. The van der Waals surface area contributed by atoms with Crippen LogP contribution in [0.2, 0.25) is 0 Å². The Morgan fingerprint density at radius 2 is 2.17 bits per heavy atom. The van der Waals surface area contributed by atoms with Crippen LogP contribution in [0.15, 0.2) is 23.1 Å². The van der Waals surface area contributed by atoms with E-state index in [2.05, 4.69) is 37.7 Å². The molecule has 70 valence electrons. The Labute approximate surface area is 75.1 Å². The molecule has 0 aromatic heterocycles. The number of rotatable bonds is 6. The van der Waals surface area contributed by atoms with E-state index in [0.717, 1.165) is 19.4 Å². The largest absolute Gasteiger partial charge is 0.255 e. The van der Waals surface area contributed by atoms with Crippen LogP contribution < -0.4 is 0 Å². The standard InChI is InChI=1S/C9H19N3/c1-5-8-12(7-3)11-10-9(4)6-2/h7,9H,3,5-6,8H2,1-2,4H3/b11-10-. The average molecular weight is 169 g/mol. The molecule has 0 aromatic rings. The fourth-order valence-electron chi connectivity index (χ4n) is 0.638. The van der Waals surface area contributed by atoms with Crippen LogP contribution in [-0.2, 0) is 0 Å². The van der Waals surface area contributed by atoms with Crippen molar-refractivity contribution in [2.45, 2.75) is 39.7 Å². The lowest BCUT2D eigenvalue weighted by atomic mass is 10.3. The van der Waals surface area contributed by atoms with Gasteiger partial charge in [0.25, 0.3) is 0 Å². The maximum absolute atomic E-state index is 4.11. The predicted molar refractivity (Wildman–Crippen MR) is 51.8 cm³/mol. The van der Waals surface area contributed by atoms with Crippen LogP contribution in [0, 0.1) is 0 Å². The molecule has 3 nitrogen and oxygen atoms in total. The van der Waals surface area contributed by atoms with Crippen molar-refractivity contribution < 1.29 is 0 Å². The predicted octanol–water partition coefficient (Wildman–Crippen LogP) is 3.01. The highest BCUT2D eigenvalue weighted by Gasteiger charge is 1.95. The molecule has 0 N–H and O–H groups in total. The summed E-state index contributed by atoms with van der Waals surface area (Å²) in [6.45, 7) is 10.8. The molecule has 0 bridgehead atoms. The highest BCUT2D eigenvalue weighted by atomic mass is 15.5. The third-order valence-electron chi connectivity index (χ3n) is 1.62. The van der Waals surface area contributed by atoms with Gasteiger partial charge in [0.15, 0.2) is 0 Å². The summed E-state index contributed by atoms with van der Waals surface area (Å²) in [5.41, 5.74) is 0. The quantitative estimate of drug-likeness (QED) is 0.443. The van der Waals surface area contributed by atoms with Gasteiger partial charge in [-0.3, -0.25) is 5.01 Å². The zero-order chi connectivity index (χ0) is 9.40. The average Bonchev–Trinajstić information content (AvgIpc) is 2.11. The van der Waals surface area contributed by atoms with Crippen LogP contribution in [0.3, 0.4) is 0 Å². The Hall–Kier alpha value is -0.860. The van der Waals surface area contributed by atoms with E-state index in [1.165, 1.54) is 0 Å². The van der Waals surface area contributed by atoms with Crippen molar-refractivity contribution in [2.75, 3.05) is 6.54 Å². The Balaban J connectivity index is 3.82. The van der Waals surface area contributed by atoms with E-state index in [1.54, 1.807) is 11.2 Å². The lowest BCUT2D eigenvalue weighted by molar-refractivity contribution is 0.358. The minimum absolute atomic E-state index is 0.310. The lowest BCUT2D eigenvalue weighted by Gasteiger charge is -2.10. The third-order valence-corrected chi connectivity index (χ3v) is 1.62. The molecule has 0 aliphatic carbocycles. The minimum Gasteiger partial charge on any atom is -0.255 e. The van der Waals surface area contributed by atoms with Crippen molar-refractivity contribution in [3.8, 4) is 0 Å². The van der Waals surface area contributed by atoms with E-state index in [-0.39, 0.29) is 0 Å². The van der Waals surface area contributed by atoms with Crippen LogP contribution in [0.1, 0.15) is 33.6 Å². The summed E-state index contributed by atoms with van der Waals surface area (Å²) in [6, 6.07) is 0.310. The van der Waals surface area contributed by atoms with Crippen LogP contribution >= 0.6 is 0 Å². The molecule has 0 fully saturated rings. The zero-order valence-corrected chi connectivity index (χ0v) is 8.32. The first-order valence-corrected chi connectivity index (χ1v) is 4.54. The van der Waals surface area contributed by atoms with Crippen molar-refractivity contribution in [3.05, 3.63) is 12.8 Å². The van der Waals surface area contributed by atoms with Gasteiger partial charge in [0, 0.05) is 12.7 Å². The number of hydrogen-bond donors (Lipinski definition) is 0. The highest BCUT2D eigenvalue weighted by molar-refractivity contribution is 4.65. The Morgan fingerprint density at radius 1 is 1.50 bits per heavy atom. The highest BCUT2D eigenvalue weighted by Crippen LogP contribution is 1.99. The topological polar surface area (TPSA) is 28.0 Å². The SMILES string of the molecule is C=CN(CCC)/N=N\C(C)CC.